The van der Waals surface area contributed by atoms with Crippen molar-refractivity contribution >= 4 is 32.6 Å². The first kappa shape index (κ1) is 15.7. The van der Waals surface area contributed by atoms with Gasteiger partial charge in [-0.05, 0) is 42.5 Å². The Bertz CT molecular complexity index is 1050. The summed E-state index contributed by atoms with van der Waals surface area (Å²) in [6, 6.07) is 14.8. The molecule has 1 atom stereocenters. The number of aromatic amines is 1. The van der Waals surface area contributed by atoms with Gasteiger partial charge in [0.1, 0.15) is 6.04 Å². The largest absolute Gasteiger partial charge is 0.360 e. The maximum absolute atomic E-state index is 12.9. The second-order valence-electron chi connectivity index (χ2n) is 5.73. The Morgan fingerprint density at radius 1 is 1.16 bits per heavy atom. The lowest BCUT2D eigenvalue weighted by atomic mass is 10.1. The average molecular weight is 396 g/mol. The van der Waals surface area contributed by atoms with Gasteiger partial charge in [-0.2, -0.15) is 4.80 Å². The van der Waals surface area contributed by atoms with E-state index in [2.05, 4.69) is 36.3 Å². The third-order valence-electron chi connectivity index (χ3n) is 4.11. The van der Waals surface area contributed by atoms with E-state index in [1.165, 1.54) is 4.80 Å². The van der Waals surface area contributed by atoms with Crippen LogP contribution in [0, 0.1) is 0 Å². The van der Waals surface area contributed by atoms with Crippen molar-refractivity contribution in [3.05, 3.63) is 64.8 Å². The van der Waals surface area contributed by atoms with Crippen LogP contribution in [0.4, 0.5) is 0 Å². The molecule has 0 saturated carbocycles. The lowest BCUT2D eigenvalue weighted by molar-refractivity contribution is 0.0920. The lowest BCUT2D eigenvalue weighted by Crippen LogP contribution is -2.19. The van der Waals surface area contributed by atoms with Gasteiger partial charge in [0.25, 0.3) is 0 Å². The van der Waals surface area contributed by atoms with Gasteiger partial charge in [0, 0.05) is 32.7 Å². The number of hydrogen-bond donors (Lipinski definition) is 1. The highest BCUT2D eigenvalue weighted by molar-refractivity contribution is 9.10. The van der Waals surface area contributed by atoms with Crippen molar-refractivity contribution in [2.75, 3.05) is 0 Å². The van der Waals surface area contributed by atoms with Crippen molar-refractivity contribution in [3.63, 3.8) is 0 Å². The highest BCUT2D eigenvalue weighted by Crippen LogP contribution is 2.23. The van der Waals surface area contributed by atoms with Crippen LogP contribution >= 0.6 is 15.9 Å². The molecule has 25 heavy (non-hydrogen) atoms. The molecule has 4 rings (SSSR count). The van der Waals surface area contributed by atoms with Crippen LogP contribution in [0.3, 0.4) is 0 Å². The van der Waals surface area contributed by atoms with Crippen LogP contribution in [0.2, 0.25) is 0 Å². The predicted octanol–water partition coefficient (Wildman–Crippen LogP) is 4.03. The predicted molar refractivity (Wildman–Crippen MR) is 98.3 cm³/mol. The summed E-state index contributed by atoms with van der Waals surface area (Å²) < 4.78 is 0.978. The molecule has 0 aliphatic rings. The molecule has 0 saturated heterocycles. The molecule has 124 valence electrons. The molecule has 0 amide bonds. The monoisotopic (exact) mass is 395 g/mol. The minimum atomic E-state index is -0.545. The summed E-state index contributed by atoms with van der Waals surface area (Å²) in [5, 5.41) is 13.4. The zero-order valence-electron chi connectivity index (χ0n) is 13.3. The molecule has 2 aromatic carbocycles. The molecule has 0 fully saturated rings. The van der Waals surface area contributed by atoms with Gasteiger partial charge in [0.15, 0.2) is 5.78 Å². The number of Topliss-reactive ketones (excluding diaryl/α,β-unsaturated/α-hetero) is 1. The molecule has 0 radical (unpaired) electrons. The number of ketones is 1. The topological polar surface area (TPSA) is 76.5 Å². The van der Waals surface area contributed by atoms with Gasteiger partial charge in [0.2, 0.25) is 5.82 Å². The molecular formula is C18H14BrN5O. The molecule has 2 heterocycles. The number of hydrogen-bond acceptors (Lipinski definition) is 4. The summed E-state index contributed by atoms with van der Waals surface area (Å²) in [5.41, 5.74) is 2.41. The Balaban J connectivity index is 1.63. The number of H-pyrrole nitrogens is 1. The van der Waals surface area contributed by atoms with E-state index < -0.39 is 6.04 Å². The van der Waals surface area contributed by atoms with Gasteiger partial charge < -0.3 is 4.98 Å². The maximum atomic E-state index is 12.9. The number of nitrogens with zero attached hydrogens (tertiary/aromatic N) is 4. The third-order valence-corrected chi connectivity index (χ3v) is 4.64. The van der Waals surface area contributed by atoms with Crippen LogP contribution in [0.15, 0.2) is 59.2 Å². The summed E-state index contributed by atoms with van der Waals surface area (Å²) in [5.74, 6) is 0.434. The van der Waals surface area contributed by atoms with Crippen molar-refractivity contribution < 1.29 is 4.79 Å². The average Bonchev–Trinajstić information content (AvgIpc) is 3.28. The molecule has 0 aliphatic heterocycles. The van der Waals surface area contributed by atoms with E-state index >= 15 is 0 Å². The second kappa shape index (κ2) is 6.25. The van der Waals surface area contributed by atoms with Crippen LogP contribution in [0.25, 0.3) is 22.3 Å². The Kier molecular flexibility index (Phi) is 3.93. The number of nitrogens with one attached hydrogen (secondary N) is 1. The maximum Gasteiger partial charge on any atom is 0.204 e. The smallest absolute Gasteiger partial charge is 0.204 e. The number of aromatic nitrogens is 5. The highest BCUT2D eigenvalue weighted by atomic mass is 79.9. The molecule has 0 spiro atoms. The zero-order valence-corrected chi connectivity index (χ0v) is 14.9. The van der Waals surface area contributed by atoms with Crippen molar-refractivity contribution in [2.24, 2.45) is 0 Å². The minimum absolute atomic E-state index is 0.0581. The van der Waals surface area contributed by atoms with Gasteiger partial charge in [-0.3, -0.25) is 4.79 Å². The summed E-state index contributed by atoms with van der Waals surface area (Å²) in [7, 11) is 0. The fourth-order valence-corrected chi connectivity index (χ4v) is 2.97. The van der Waals surface area contributed by atoms with E-state index in [0.29, 0.717) is 11.4 Å². The van der Waals surface area contributed by atoms with Gasteiger partial charge in [-0.25, -0.2) is 0 Å². The minimum Gasteiger partial charge on any atom is -0.360 e. The van der Waals surface area contributed by atoms with E-state index in [1.807, 2.05) is 48.5 Å². The number of carbonyl (C=O) groups is 1. The van der Waals surface area contributed by atoms with E-state index in [0.717, 1.165) is 20.9 Å². The van der Waals surface area contributed by atoms with E-state index in [1.54, 1.807) is 13.1 Å². The number of fused-ring (bicyclic) bond motifs is 1. The molecule has 0 aliphatic carbocycles. The van der Waals surface area contributed by atoms with Gasteiger partial charge >= 0.3 is 0 Å². The van der Waals surface area contributed by atoms with Crippen molar-refractivity contribution in [1.29, 1.82) is 0 Å². The summed E-state index contributed by atoms with van der Waals surface area (Å²) in [4.78, 5) is 17.3. The number of halogens is 1. The van der Waals surface area contributed by atoms with Gasteiger partial charge in [0.05, 0.1) is 0 Å². The first-order chi connectivity index (χ1) is 12.1. The number of carbonyl (C=O) groups excluding carboxylic acids is 1. The summed E-state index contributed by atoms with van der Waals surface area (Å²) in [6.07, 6.45) is 1.73. The van der Waals surface area contributed by atoms with Crippen LogP contribution in [0.5, 0.6) is 0 Å². The van der Waals surface area contributed by atoms with E-state index in [9.17, 15) is 4.79 Å². The number of rotatable bonds is 4. The molecule has 0 bridgehead atoms. The SMILES string of the molecule is CC(C(=O)c1c[nH]c2ccccc12)n1nnc(-c2ccc(Br)cc2)n1. The van der Waals surface area contributed by atoms with Crippen LogP contribution < -0.4 is 0 Å². The van der Waals surface area contributed by atoms with Crippen LogP contribution in [-0.2, 0) is 0 Å². The number of tetrazole rings is 1. The Labute approximate surface area is 152 Å². The molecule has 2 aromatic heterocycles. The standard InChI is InChI=1S/C18H14BrN5O/c1-11(17(25)15-10-20-16-5-3-2-4-14(15)16)24-22-18(21-23-24)12-6-8-13(19)9-7-12/h2-11,20H,1H3. The van der Waals surface area contributed by atoms with E-state index in [-0.39, 0.29) is 5.78 Å². The Morgan fingerprint density at radius 3 is 2.72 bits per heavy atom. The summed E-state index contributed by atoms with van der Waals surface area (Å²) in [6.45, 7) is 1.77. The summed E-state index contributed by atoms with van der Waals surface area (Å²) >= 11 is 3.40. The molecule has 4 aromatic rings. The first-order valence-electron chi connectivity index (χ1n) is 7.79. The number of para-hydroxylation sites is 1. The molecule has 7 heteroatoms. The van der Waals surface area contributed by atoms with Crippen LogP contribution in [0.1, 0.15) is 23.3 Å². The molecular weight excluding hydrogens is 382 g/mol. The molecule has 1 unspecified atom stereocenters. The Morgan fingerprint density at radius 2 is 1.92 bits per heavy atom. The third kappa shape index (κ3) is 2.87. The molecule has 1 N–H and O–H groups in total. The number of benzene rings is 2. The normalized spacial score (nSPS) is 12.4. The van der Waals surface area contributed by atoms with E-state index in [4.69, 9.17) is 0 Å². The van der Waals surface area contributed by atoms with Gasteiger partial charge in [-0.15, -0.1) is 10.2 Å². The molecule has 6 nitrogen and oxygen atoms in total. The van der Waals surface area contributed by atoms with Gasteiger partial charge in [-0.1, -0.05) is 34.1 Å². The van der Waals surface area contributed by atoms with Crippen molar-refractivity contribution in [1.82, 2.24) is 25.2 Å². The van der Waals surface area contributed by atoms with Crippen molar-refractivity contribution in [3.8, 4) is 11.4 Å². The first-order valence-corrected chi connectivity index (χ1v) is 8.58. The van der Waals surface area contributed by atoms with Crippen molar-refractivity contribution in [2.45, 2.75) is 13.0 Å². The quantitative estimate of drug-likeness (QED) is 0.529. The fourth-order valence-electron chi connectivity index (χ4n) is 2.71. The van der Waals surface area contributed by atoms with Crippen LogP contribution in [-0.4, -0.2) is 31.0 Å². The fraction of sp³-hybridized carbons (Fsp3) is 0.111. The lowest BCUT2D eigenvalue weighted by Gasteiger charge is -2.07. The highest BCUT2D eigenvalue weighted by Gasteiger charge is 2.22. The zero-order chi connectivity index (χ0) is 17.4. The second-order valence-corrected chi connectivity index (χ2v) is 6.64. The Hall–Kier alpha value is -2.80.